The first-order chi connectivity index (χ1) is 18.1. The van der Waals surface area contributed by atoms with E-state index in [1.165, 1.54) is 7.11 Å². The molecule has 0 unspecified atom stereocenters. The van der Waals surface area contributed by atoms with E-state index >= 15 is 0 Å². The van der Waals surface area contributed by atoms with Crippen molar-refractivity contribution < 1.29 is 23.8 Å². The van der Waals surface area contributed by atoms with Gasteiger partial charge >= 0.3 is 0 Å². The summed E-state index contributed by atoms with van der Waals surface area (Å²) >= 11 is 0. The van der Waals surface area contributed by atoms with Crippen molar-refractivity contribution in [1.82, 2.24) is 0 Å². The van der Waals surface area contributed by atoms with E-state index in [2.05, 4.69) is 10.6 Å². The van der Waals surface area contributed by atoms with Crippen LogP contribution in [0, 0.1) is 0 Å². The zero-order chi connectivity index (χ0) is 25.9. The van der Waals surface area contributed by atoms with E-state index in [1.54, 1.807) is 42.5 Å². The smallest absolute Gasteiger partial charge is 0.262 e. The molecule has 2 N–H and O–H groups in total. The van der Waals surface area contributed by atoms with Crippen molar-refractivity contribution in [3.05, 3.63) is 120 Å². The Bertz CT molecular complexity index is 1270. The van der Waals surface area contributed by atoms with E-state index in [1.807, 2.05) is 66.7 Å². The summed E-state index contributed by atoms with van der Waals surface area (Å²) in [6.45, 7) is -0.330. The number of benzene rings is 4. The van der Waals surface area contributed by atoms with E-state index in [9.17, 15) is 9.59 Å². The lowest BCUT2D eigenvalue weighted by Crippen LogP contribution is -2.22. The molecule has 7 nitrogen and oxygen atoms in total. The average Bonchev–Trinajstić information content (AvgIpc) is 2.93. The summed E-state index contributed by atoms with van der Waals surface area (Å²) in [6.07, 6.45) is -0.373. The van der Waals surface area contributed by atoms with E-state index in [0.29, 0.717) is 22.9 Å². The zero-order valence-electron chi connectivity index (χ0n) is 20.4. The summed E-state index contributed by atoms with van der Waals surface area (Å²) in [5, 5.41) is 5.59. The first kappa shape index (κ1) is 25.5. The van der Waals surface area contributed by atoms with Gasteiger partial charge in [0.2, 0.25) is 5.91 Å². The third kappa shape index (κ3) is 7.43. The highest BCUT2D eigenvalue weighted by molar-refractivity contribution is 5.95. The molecule has 0 bridgehead atoms. The highest BCUT2D eigenvalue weighted by Gasteiger charge is 2.16. The summed E-state index contributed by atoms with van der Waals surface area (Å²) in [6, 6.07) is 33.5. The molecule has 0 aliphatic rings. The molecule has 188 valence electrons. The Labute approximate surface area is 216 Å². The predicted octanol–water partition coefficient (Wildman–Crippen LogP) is 5.46. The molecule has 0 heterocycles. The second-order valence-electron chi connectivity index (χ2n) is 8.13. The Morgan fingerprint density at radius 3 is 1.73 bits per heavy atom. The lowest BCUT2D eigenvalue weighted by molar-refractivity contribution is -0.122. The lowest BCUT2D eigenvalue weighted by atomic mass is 10.0. The number of para-hydroxylation sites is 2. The molecular weight excluding hydrogens is 468 g/mol. The van der Waals surface area contributed by atoms with E-state index in [-0.39, 0.29) is 31.1 Å². The maximum atomic E-state index is 12.7. The molecule has 2 amide bonds. The number of carbonyl (C=O) groups excluding carboxylic acids is 2. The van der Waals surface area contributed by atoms with Crippen LogP contribution in [-0.4, -0.2) is 32.1 Å². The minimum Gasteiger partial charge on any atom is -0.493 e. The van der Waals surface area contributed by atoms with Gasteiger partial charge in [-0.15, -0.1) is 0 Å². The molecule has 0 fully saturated rings. The Morgan fingerprint density at radius 2 is 1.16 bits per heavy atom. The molecule has 4 aromatic carbocycles. The summed E-state index contributed by atoms with van der Waals surface area (Å²) in [4.78, 5) is 25.1. The normalized spacial score (nSPS) is 10.5. The van der Waals surface area contributed by atoms with Gasteiger partial charge in [-0.05, 0) is 41.5 Å². The van der Waals surface area contributed by atoms with Gasteiger partial charge in [-0.25, -0.2) is 0 Å². The van der Waals surface area contributed by atoms with Crippen LogP contribution in [0.1, 0.15) is 17.2 Å². The van der Waals surface area contributed by atoms with Gasteiger partial charge in [-0.2, -0.15) is 0 Å². The Hall–Kier alpha value is -4.62. The highest BCUT2D eigenvalue weighted by Crippen LogP contribution is 2.27. The zero-order valence-corrected chi connectivity index (χ0v) is 20.4. The summed E-state index contributed by atoms with van der Waals surface area (Å²) in [5.74, 6) is 0.376. The van der Waals surface area contributed by atoms with Crippen LogP contribution >= 0.6 is 0 Å². The van der Waals surface area contributed by atoms with Crippen molar-refractivity contribution >= 4 is 23.2 Å². The van der Waals surface area contributed by atoms with Gasteiger partial charge in [0.25, 0.3) is 5.91 Å². The molecule has 0 atom stereocenters. The van der Waals surface area contributed by atoms with E-state index < -0.39 is 0 Å². The Kier molecular flexibility index (Phi) is 8.88. The van der Waals surface area contributed by atoms with Gasteiger partial charge in [0.05, 0.1) is 7.11 Å². The number of rotatable bonds is 11. The fraction of sp³-hybridized carbons (Fsp3) is 0.133. The minimum absolute atomic E-state index is 0.141. The molecule has 0 saturated carbocycles. The minimum atomic E-state index is -0.373. The summed E-state index contributed by atoms with van der Waals surface area (Å²) in [5.41, 5.74) is 2.98. The van der Waals surface area contributed by atoms with Gasteiger partial charge in [0, 0.05) is 11.4 Å². The van der Waals surface area contributed by atoms with Crippen molar-refractivity contribution in [1.29, 1.82) is 0 Å². The first-order valence-corrected chi connectivity index (χ1v) is 11.8. The molecule has 0 spiro atoms. The van der Waals surface area contributed by atoms with Gasteiger partial charge < -0.3 is 24.8 Å². The molecule has 0 aromatic heterocycles. The number of nitrogens with one attached hydrogen (secondary N) is 2. The average molecular weight is 497 g/mol. The predicted molar refractivity (Wildman–Crippen MR) is 143 cm³/mol. The molecular formula is C30H28N2O5. The van der Waals surface area contributed by atoms with Crippen molar-refractivity contribution in [3.8, 4) is 11.5 Å². The second kappa shape index (κ2) is 12.9. The quantitative estimate of drug-likeness (QED) is 0.288. The maximum absolute atomic E-state index is 12.7. The maximum Gasteiger partial charge on any atom is 0.262 e. The van der Waals surface area contributed by atoms with Crippen LogP contribution in [0.3, 0.4) is 0 Å². The molecule has 0 aliphatic heterocycles. The van der Waals surface area contributed by atoms with Gasteiger partial charge in [0.1, 0.15) is 12.7 Å². The van der Waals surface area contributed by atoms with Crippen LogP contribution in [0.5, 0.6) is 11.5 Å². The lowest BCUT2D eigenvalue weighted by Gasteiger charge is -2.19. The van der Waals surface area contributed by atoms with E-state index in [4.69, 9.17) is 14.2 Å². The topological polar surface area (TPSA) is 85.9 Å². The number of amides is 2. The molecule has 0 aliphatic carbocycles. The number of carbonyl (C=O) groups is 2. The third-order valence-corrected chi connectivity index (χ3v) is 5.44. The Morgan fingerprint density at radius 1 is 0.649 bits per heavy atom. The first-order valence-electron chi connectivity index (χ1n) is 11.8. The fourth-order valence-electron chi connectivity index (χ4n) is 3.75. The molecule has 4 aromatic rings. The van der Waals surface area contributed by atoms with Crippen LogP contribution in [0.15, 0.2) is 109 Å². The van der Waals surface area contributed by atoms with E-state index in [0.717, 1.165) is 11.1 Å². The second-order valence-corrected chi connectivity index (χ2v) is 8.13. The van der Waals surface area contributed by atoms with Crippen molar-refractivity contribution in [2.45, 2.75) is 6.10 Å². The van der Waals surface area contributed by atoms with Crippen LogP contribution in [0.2, 0.25) is 0 Å². The van der Waals surface area contributed by atoms with Gasteiger partial charge in [0.15, 0.2) is 18.1 Å². The van der Waals surface area contributed by atoms with Crippen LogP contribution < -0.4 is 20.1 Å². The van der Waals surface area contributed by atoms with Crippen molar-refractivity contribution in [3.63, 3.8) is 0 Å². The molecule has 7 heteroatoms. The number of ether oxygens (including phenoxy) is 3. The molecule has 4 rings (SSSR count). The van der Waals surface area contributed by atoms with Gasteiger partial charge in [-0.3, -0.25) is 9.59 Å². The number of hydrogen-bond donors (Lipinski definition) is 2. The molecule has 37 heavy (non-hydrogen) atoms. The van der Waals surface area contributed by atoms with Crippen LogP contribution in [0.25, 0.3) is 0 Å². The largest absolute Gasteiger partial charge is 0.493 e. The van der Waals surface area contributed by atoms with Crippen molar-refractivity contribution in [2.75, 3.05) is 31.0 Å². The number of anilines is 2. The van der Waals surface area contributed by atoms with Crippen LogP contribution in [-0.2, 0) is 14.3 Å². The standard InChI is InChI=1S/C30H28N2O5/c1-35-26-17-8-9-18-27(26)36-20-28(33)31-24-15-10-16-25(19-24)32-29(34)21-37-30(22-11-4-2-5-12-22)23-13-6-3-7-14-23/h2-19,30H,20-21H2,1H3,(H,31,33)(H,32,34). The molecule has 0 saturated heterocycles. The fourth-order valence-corrected chi connectivity index (χ4v) is 3.75. The SMILES string of the molecule is COc1ccccc1OCC(=O)Nc1cccc(NC(=O)COC(c2ccccc2)c2ccccc2)c1. The van der Waals surface area contributed by atoms with Crippen LogP contribution in [0.4, 0.5) is 11.4 Å². The summed E-state index contributed by atoms with van der Waals surface area (Å²) in [7, 11) is 1.54. The molecule has 0 radical (unpaired) electrons. The summed E-state index contributed by atoms with van der Waals surface area (Å²) < 4.78 is 16.8. The Balaban J connectivity index is 1.32. The number of methoxy groups -OCH3 is 1. The third-order valence-electron chi connectivity index (χ3n) is 5.44. The monoisotopic (exact) mass is 496 g/mol. The van der Waals surface area contributed by atoms with Crippen molar-refractivity contribution in [2.24, 2.45) is 0 Å². The van der Waals surface area contributed by atoms with Gasteiger partial charge in [-0.1, -0.05) is 78.9 Å². The highest BCUT2D eigenvalue weighted by atomic mass is 16.5. The number of hydrogen-bond acceptors (Lipinski definition) is 5.